The van der Waals surface area contributed by atoms with Crippen molar-refractivity contribution in [3.63, 3.8) is 0 Å². The molecule has 21 heavy (non-hydrogen) atoms. The first-order chi connectivity index (χ1) is 9.97. The fourth-order valence-electron chi connectivity index (χ4n) is 2.15. The number of nitrogens with zero attached hydrogens (tertiary/aromatic N) is 1. The number of aromatic nitrogens is 1. The Morgan fingerprint density at radius 3 is 2.43 bits per heavy atom. The maximum atomic E-state index is 6.05. The van der Waals surface area contributed by atoms with Crippen LogP contribution in [-0.4, -0.2) is 4.98 Å². The summed E-state index contributed by atoms with van der Waals surface area (Å²) in [5.74, 6) is 0.675. The molecule has 1 aromatic heterocycles. The second-order valence-corrected chi connectivity index (χ2v) is 7.26. The third-order valence-electron chi connectivity index (χ3n) is 3.29. The SMILES string of the molecule is Cc1c(Br)c(N)c(Br)c2nc(Cc3ccc(Br)cc3)oc12. The van der Waals surface area contributed by atoms with Gasteiger partial charge in [-0.3, -0.25) is 0 Å². The zero-order valence-corrected chi connectivity index (χ0v) is 15.8. The molecular weight excluding hydrogens is 464 g/mol. The molecule has 0 aliphatic carbocycles. The molecule has 3 aromatic rings. The number of hydrogen-bond donors (Lipinski definition) is 1. The highest BCUT2D eigenvalue weighted by Gasteiger charge is 2.18. The van der Waals surface area contributed by atoms with Crippen LogP contribution in [0.1, 0.15) is 17.0 Å². The van der Waals surface area contributed by atoms with Gasteiger partial charge in [0.2, 0.25) is 0 Å². The smallest absolute Gasteiger partial charge is 0.199 e. The highest BCUT2D eigenvalue weighted by molar-refractivity contribution is 9.11. The Morgan fingerprint density at radius 1 is 1.10 bits per heavy atom. The summed E-state index contributed by atoms with van der Waals surface area (Å²) in [4.78, 5) is 4.57. The number of fused-ring (bicyclic) bond motifs is 1. The lowest BCUT2D eigenvalue weighted by molar-refractivity contribution is 0.542. The van der Waals surface area contributed by atoms with E-state index < -0.39 is 0 Å². The fourth-order valence-corrected chi connectivity index (χ4v) is 3.52. The minimum Gasteiger partial charge on any atom is -0.440 e. The summed E-state index contributed by atoms with van der Waals surface area (Å²) in [6, 6.07) is 8.11. The normalized spacial score (nSPS) is 11.2. The van der Waals surface area contributed by atoms with Gasteiger partial charge >= 0.3 is 0 Å². The maximum absolute atomic E-state index is 6.05. The van der Waals surface area contributed by atoms with Crippen LogP contribution in [0.15, 0.2) is 42.1 Å². The number of benzene rings is 2. The second kappa shape index (κ2) is 5.74. The highest BCUT2D eigenvalue weighted by atomic mass is 79.9. The van der Waals surface area contributed by atoms with E-state index in [1.807, 2.05) is 31.2 Å². The predicted octanol–water partition coefficient (Wildman–Crippen LogP) is 5.60. The molecule has 0 aliphatic rings. The number of nitrogens with two attached hydrogens (primary N) is 1. The average Bonchev–Trinajstić information content (AvgIpc) is 2.89. The van der Waals surface area contributed by atoms with Gasteiger partial charge in [-0.15, -0.1) is 0 Å². The van der Waals surface area contributed by atoms with E-state index in [-0.39, 0.29) is 0 Å². The Balaban J connectivity index is 2.07. The zero-order valence-electron chi connectivity index (χ0n) is 11.1. The van der Waals surface area contributed by atoms with Crippen molar-refractivity contribution in [2.24, 2.45) is 0 Å². The lowest BCUT2D eigenvalue weighted by Crippen LogP contribution is -1.92. The molecule has 0 saturated carbocycles. The van der Waals surface area contributed by atoms with Gasteiger partial charge in [0, 0.05) is 20.9 Å². The summed E-state index contributed by atoms with van der Waals surface area (Å²) in [6.45, 7) is 1.96. The van der Waals surface area contributed by atoms with Crippen molar-refractivity contribution in [3.05, 3.63) is 54.7 Å². The summed E-state index contributed by atoms with van der Waals surface area (Å²) >= 11 is 10.4. The van der Waals surface area contributed by atoms with Crippen LogP contribution in [0.5, 0.6) is 0 Å². The molecule has 3 rings (SSSR count). The van der Waals surface area contributed by atoms with Gasteiger partial charge in [0.25, 0.3) is 0 Å². The van der Waals surface area contributed by atoms with Gasteiger partial charge in [-0.1, -0.05) is 28.1 Å². The summed E-state index contributed by atoms with van der Waals surface area (Å²) in [5, 5.41) is 0. The lowest BCUT2D eigenvalue weighted by Gasteiger charge is -2.05. The first kappa shape index (κ1) is 15.1. The fraction of sp³-hybridized carbons (Fsp3) is 0.133. The van der Waals surface area contributed by atoms with Gasteiger partial charge in [-0.2, -0.15) is 0 Å². The molecule has 6 heteroatoms. The zero-order chi connectivity index (χ0) is 15.1. The predicted molar refractivity (Wildman–Crippen MR) is 95.5 cm³/mol. The summed E-state index contributed by atoms with van der Waals surface area (Å²) < 4.78 is 8.57. The van der Waals surface area contributed by atoms with Crippen molar-refractivity contribution in [3.8, 4) is 0 Å². The van der Waals surface area contributed by atoms with Crippen molar-refractivity contribution in [1.82, 2.24) is 4.98 Å². The number of aryl methyl sites for hydroxylation is 1. The quantitative estimate of drug-likeness (QED) is 0.492. The second-order valence-electron chi connectivity index (χ2n) is 4.76. The largest absolute Gasteiger partial charge is 0.440 e. The van der Waals surface area contributed by atoms with E-state index in [0.717, 1.165) is 35.6 Å². The highest BCUT2D eigenvalue weighted by Crippen LogP contribution is 2.39. The van der Waals surface area contributed by atoms with E-state index in [1.165, 1.54) is 0 Å². The van der Waals surface area contributed by atoms with E-state index in [0.29, 0.717) is 18.0 Å². The van der Waals surface area contributed by atoms with Crippen molar-refractivity contribution in [1.29, 1.82) is 0 Å². The minimum absolute atomic E-state index is 0.642. The van der Waals surface area contributed by atoms with Crippen molar-refractivity contribution >= 4 is 64.6 Å². The summed E-state index contributed by atoms with van der Waals surface area (Å²) in [6.07, 6.45) is 0.644. The molecule has 0 aliphatic heterocycles. The van der Waals surface area contributed by atoms with Crippen LogP contribution in [-0.2, 0) is 6.42 Å². The van der Waals surface area contributed by atoms with Crippen molar-refractivity contribution in [2.75, 3.05) is 5.73 Å². The number of oxazole rings is 1. The lowest BCUT2D eigenvalue weighted by atomic mass is 10.1. The monoisotopic (exact) mass is 472 g/mol. The molecule has 1 heterocycles. The summed E-state index contributed by atoms with van der Waals surface area (Å²) in [7, 11) is 0. The first-order valence-corrected chi connectivity index (χ1v) is 8.62. The third kappa shape index (κ3) is 2.76. The first-order valence-electron chi connectivity index (χ1n) is 6.24. The Kier molecular flexibility index (Phi) is 4.12. The van der Waals surface area contributed by atoms with Crippen LogP contribution in [0.25, 0.3) is 11.1 Å². The van der Waals surface area contributed by atoms with Crippen LogP contribution in [0.2, 0.25) is 0 Å². The molecule has 0 unspecified atom stereocenters. The van der Waals surface area contributed by atoms with Gasteiger partial charge in [-0.05, 0) is 56.5 Å². The van der Waals surface area contributed by atoms with Gasteiger partial charge in [0.15, 0.2) is 11.5 Å². The Morgan fingerprint density at radius 2 is 1.76 bits per heavy atom. The standard InChI is InChI=1S/C15H11Br3N2O/c1-7-11(17)13(19)12(18)14-15(7)21-10(20-14)6-8-2-4-9(16)5-3-8/h2-5H,6,19H2,1H3. The third-order valence-corrected chi connectivity index (χ3v) is 5.64. The van der Waals surface area contributed by atoms with Crippen LogP contribution in [0, 0.1) is 6.92 Å². The van der Waals surface area contributed by atoms with Gasteiger partial charge in [0.1, 0.15) is 5.52 Å². The van der Waals surface area contributed by atoms with Crippen LogP contribution in [0.3, 0.4) is 0 Å². The topological polar surface area (TPSA) is 52.0 Å². The van der Waals surface area contributed by atoms with Crippen LogP contribution >= 0.6 is 47.8 Å². The molecule has 0 fully saturated rings. The molecule has 108 valence electrons. The van der Waals surface area contributed by atoms with Crippen LogP contribution < -0.4 is 5.73 Å². The number of halogens is 3. The molecule has 2 aromatic carbocycles. The summed E-state index contributed by atoms with van der Waals surface area (Å²) in [5.41, 5.74) is 10.3. The average molecular weight is 475 g/mol. The van der Waals surface area contributed by atoms with Crippen LogP contribution in [0.4, 0.5) is 5.69 Å². The molecule has 0 spiro atoms. The number of rotatable bonds is 2. The maximum Gasteiger partial charge on any atom is 0.199 e. The molecule has 0 amide bonds. The molecule has 0 atom stereocenters. The van der Waals surface area contributed by atoms with Crippen molar-refractivity contribution < 1.29 is 4.42 Å². The number of anilines is 1. The van der Waals surface area contributed by atoms with E-state index >= 15 is 0 Å². The van der Waals surface area contributed by atoms with E-state index in [9.17, 15) is 0 Å². The van der Waals surface area contributed by atoms with Crippen molar-refractivity contribution in [2.45, 2.75) is 13.3 Å². The Bertz CT molecular complexity index is 780. The number of hydrogen-bond acceptors (Lipinski definition) is 3. The number of nitrogen functional groups attached to an aromatic ring is 1. The van der Waals surface area contributed by atoms with E-state index in [2.05, 4.69) is 52.8 Å². The molecule has 0 bridgehead atoms. The molecule has 2 N–H and O–H groups in total. The van der Waals surface area contributed by atoms with Gasteiger partial charge in [-0.25, -0.2) is 4.98 Å². The molecule has 0 radical (unpaired) electrons. The van der Waals surface area contributed by atoms with E-state index in [4.69, 9.17) is 10.2 Å². The van der Waals surface area contributed by atoms with Gasteiger partial charge in [0.05, 0.1) is 10.2 Å². The molecule has 0 saturated heterocycles. The van der Waals surface area contributed by atoms with Gasteiger partial charge < -0.3 is 10.2 Å². The molecular formula is C15H11Br3N2O. The Hall–Kier alpha value is -0.850. The Labute approximate surface area is 147 Å². The minimum atomic E-state index is 0.642. The molecule has 3 nitrogen and oxygen atoms in total. The van der Waals surface area contributed by atoms with E-state index in [1.54, 1.807) is 0 Å².